The third-order valence-corrected chi connectivity index (χ3v) is 3.67. The number of imidazole rings is 1. The molecule has 1 fully saturated rings. The summed E-state index contributed by atoms with van der Waals surface area (Å²) in [4.78, 5) is 11.1. The first-order chi connectivity index (χ1) is 10.5. The summed E-state index contributed by atoms with van der Waals surface area (Å²) in [5.41, 5.74) is 7.17. The molecule has 9 heteroatoms. The van der Waals surface area contributed by atoms with Gasteiger partial charge < -0.3 is 20.7 Å². The summed E-state index contributed by atoms with van der Waals surface area (Å²) in [6.45, 7) is 2.97. The van der Waals surface area contributed by atoms with Gasteiger partial charge in [0.1, 0.15) is 11.8 Å². The lowest BCUT2D eigenvalue weighted by Crippen LogP contribution is -2.40. The van der Waals surface area contributed by atoms with Crippen molar-refractivity contribution in [3.8, 4) is 0 Å². The average Bonchev–Trinajstić information content (AvgIpc) is 3.02. The minimum atomic E-state index is -1.32. The van der Waals surface area contributed by atoms with Crippen LogP contribution < -0.4 is 5.73 Å². The van der Waals surface area contributed by atoms with Crippen LogP contribution in [0.1, 0.15) is 12.6 Å². The third-order valence-electron chi connectivity index (χ3n) is 3.67. The standard InChI is InChI=1S/C13H14FN5O3/c1-2-3-13(5-20)7(21)4-8(22-13)19-6-16-9-10(15)17-12(14)18-11(9)19/h3,6-8,20-21H,1,4-5H2,(H2,15,17,18)/t7-,8+,13+/m0/s1. The summed E-state index contributed by atoms with van der Waals surface area (Å²) in [5, 5.41) is 19.7. The summed E-state index contributed by atoms with van der Waals surface area (Å²) in [6, 6.07) is 0. The molecule has 0 bridgehead atoms. The van der Waals surface area contributed by atoms with Crippen LogP contribution in [0.15, 0.2) is 24.7 Å². The van der Waals surface area contributed by atoms with Gasteiger partial charge in [-0.1, -0.05) is 6.58 Å². The number of nitrogens with zero attached hydrogens (tertiary/aromatic N) is 4. The first kappa shape index (κ1) is 14.6. The number of anilines is 1. The second-order valence-electron chi connectivity index (χ2n) is 4.99. The molecule has 8 nitrogen and oxygen atoms in total. The van der Waals surface area contributed by atoms with Crippen molar-refractivity contribution in [2.75, 3.05) is 12.3 Å². The lowest BCUT2D eigenvalue weighted by Gasteiger charge is -2.25. The van der Waals surface area contributed by atoms with E-state index in [4.69, 9.17) is 10.5 Å². The molecule has 0 radical (unpaired) electrons. The van der Waals surface area contributed by atoms with Crippen LogP contribution in [0.5, 0.6) is 0 Å². The van der Waals surface area contributed by atoms with E-state index in [-0.39, 0.29) is 23.4 Å². The van der Waals surface area contributed by atoms with Gasteiger partial charge in [0.25, 0.3) is 0 Å². The number of hydrogen-bond donors (Lipinski definition) is 3. The molecule has 0 saturated carbocycles. The van der Waals surface area contributed by atoms with Crippen LogP contribution in [0, 0.1) is 6.08 Å². The molecule has 1 aliphatic rings. The second kappa shape index (κ2) is 5.15. The fourth-order valence-corrected chi connectivity index (χ4v) is 2.55. The van der Waals surface area contributed by atoms with Crippen molar-refractivity contribution < 1.29 is 19.3 Å². The molecule has 0 spiro atoms. The van der Waals surface area contributed by atoms with Crippen LogP contribution in [-0.2, 0) is 4.74 Å². The maximum Gasteiger partial charge on any atom is 0.312 e. The van der Waals surface area contributed by atoms with Gasteiger partial charge in [-0.15, -0.1) is 5.73 Å². The van der Waals surface area contributed by atoms with Gasteiger partial charge in [0, 0.05) is 6.42 Å². The number of halogens is 1. The Labute approximate surface area is 124 Å². The Kier molecular flexibility index (Phi) is 3.42. The zero-order chi connectivity index (χ0) is 15.9. The van der Waals surface area contributed by atoms with Crippen molar-refractivity contribution in [3.63, 3.8) is 0 Å². The van der Waals surface area contributed by atoms with E-state index in [9.17, 15) is 14.6 Å². The number of nitrogens with two attached hydrogens (primary N) is 1. The van der Waals surface area contributed by atoms with E-state index >= 15 is 0 Å². The summed E-state index contributed by atoms with van der Waals surface area (Å²) in [7, 11) is 0. The van der Waals surface area contributed by atoms with E-state index in [0.29, 0.717) is 0 Å². The highest BCUT2D eigenvalue weighted by Gasteiger charge is 2.47. The van der Waals surface area contributed by atoms with Crippen LogP contribution in [0.25, 0.3) is 11.2 Å². The molecule has 1 aliphatic heterocycles. The molecule has 0 aromatic carbocycles. The Morgan fingerprint density at radius 2 is 2.41 bits per heavy atom. The molecule has 4 N–H and O–H groups in total. The Morgan fingerprint density at radius 3 is 3.09 bits per heavy atom. The van der Waals surface area contributed by atoms with Gasteiger partial charge in [-0.05, 0) is 6.08 Å². The maximum absolute atomic E-state index is 13.4. The average molecular weight is 307 g/mol. The molecule has 1 saturated heterocycles. The summed E-state index contributed by atoms with van der Waals surface area (Å²) >= 11 is 0. The maximum atomic E-state index is 13.4. The van der Waals surface area contributed by atoms with Crippen LogP contribution in [-0.4, -0.2) is 48.0 Å². The Hall–Kier alpha value is -2.32. The monoisotopic (exact) mass is 307 g/mol. The van der Waals surface area contributed by atoms with Gasteiger partial charge in [-0.2, -0.15) is 14.4 Å². The molecule has 116 valence electrons. The smallest absolute Gasteiger partial charge is 0.312 e. The number of aromatic nitrogens is 4. The van der Waals surface area contributed by atoms with Gasteiger partial charge >= 0.3 is 6.08 Å². The van der Waals surface area contributed by atoms with Crippen molar-refractivity contribution >= 4 is 17.0 Å². The second-order valence-corrected chi connectivity index (χ2v) is 4.99. The zero-order valence-corrected chi connectivity index (χ0v) is 11.5. The number of rotatable bonds is 3. The lowest BCUT2D eigenvalue weighted by molar-refractivity contribution is -0.0954. The molecule has 0 unspecified atom stereocenters. The van der Waals surface area contributed by atoms with Crippen molar-refractivity contribution in [3.05, 3.63) is 30.8 Å². The fourth-order valence-electron chi connectivity index (χ4n) is 2.55. The molecule has 0 amide bonds. The summed E-state index contributed by atoms with van der Waals surface area (Å²) in [6.07, 6.45) is 0.210. The van der Waals surface area contributed by atoms with Crippen molar-refractivity contribution in [2.45, 2.75) is 24.4 Å². The fraction of sp³-hybridized carbons (Fsp3) is 0.385. The van der Waals surface area contributed by atoms with Crippen LogP contribution in [0.3, 0.4) is 0 Å². The molecular formula is C13H14FN5O3. The minimum Gasteiger partial charge on any atom is -0.393 e. The Morgan fingerprint density at radius 1 is 1.64 bits per heavy atom. The number of aliphatic hydroxyl groups is 2. The topological polar surface area (TPSA) is 119 Å². The zero-order valence-electron chi connectivity index (χ0n) is 11.5. The van der Waals surface area contributed by atoms with Gasteiger partial charge in [0.2, 0.25) is 0 Å². The van der Waals surface area contributed by atoms with E-state index in [1.54, 1.807) is 0 Å². The van der Waals surface area contributed by atoms with Gasteiger partial charge in [-0.25, -0.2) is 4.98 Å². The van der Waals surface area contributed by atoms with Gasteiger partial charge in [0.05, 0.1) is 19.0 Å². The summed E-state index contributed by atoms with van der Waals surface area (Å²) in [5.74, 6) is -0.0841. The van der Waals surface area contributed by atoms with Gasteiger partial charge in [0.15, 0.2) is 17.0 Å². The third kappa shape index (κ3) is 2.08. The number of aliphatic hydroxyl groups excluding tert-OH is 2. The number of nitrogen functional groups attached to an aromatic ring is 1. The first-order valence-electron chi connectivity index (χ1n) is 6.50. The molecule has 2 aromatic rings. The minimum absolute atomic E-state index is 0.0841. The summed E-state index contributed by atoms with van der Waals surface area (Å²) < 4.78 is 20.5. The van der Waals surface area contributed by atoms with E-state index in [2.05, 4.69) is 27.3 Å². The predicted molar refractivity (Wildman–Crippen MR) is 74.0 cm³/mol. The molecule has 2 aromatic heterocycles. The van der Waals surface area contributed by atoms with Crippen molar-refractivity contribution in [2.24, 2.45) is 0 Å². The quantitative estimate of drug-likeness (QED) is 0.535. The number of fused-ring (bicyclic) bond motifs is 1. The van der Waals surface area contributed by atoms with Crippen LogP contribution in [0.2, 0.25) is 0 Å². The highest BCUT2D eigenvalue weighted by Crippen LogP contribution is 2.38. The Balaban J connectivity index is 2.05. The molecule has 22 heavy (non-hydrogen) atoms. The van der Waals surface area contributed by atoms with E-state index < -0.39 is 30.6 Å². The van der Waals surface area contributed by atoms with Crippen molar-refractivity contribution in [1.29, 1.82) is 0 Å². The lowest BCUT2D eigenvalue weighted by atomic mass is 9.98. The largest absolute Gasteiger partial charge is 0.393 e. The molecule has 3 rings (SSSR count). The first-order valence-corrected chi connectivity index (χ1v) is 6.50. The number of hydrogen-bond acceptors (Lipinski definition) is 7. The molecular weight excluding hydrogens is 293 g/mol. The molecule has 0 aliphatic carbocycles. The van der Waals surface area contributed by atoms with Crippen LogP contribution >= 0.6 is 0 Å². The van der Waals surface area contributed by atoms with E-state index in [0.717, 1.165) is 0 Å². The van der Waals surface area contributed by atoms with Gasteiger partial charge in [-0.3, -0.25) is 4.57 Å². The SMILES string of the molecule is C=C=C[C@]1(CO)O[C@@H](n2cnc3c(N)nc(F)nc32)C[C@@H]1O. The van der Waals surface area contributed by atoms with Crippen molar-refractivity contribution in [1.82, 2.24) is 19.5 Å². The predicted octanol–water partition coefficient (Wildman–Crippen LogP) is -0.100. The van der Waals surface area contributed by atoms with Crippen LogP contribution in [0.4, 0.5) is 10.2 Å². The van der Waals surface area contributed by atoms with E-state index in [1.165, 1.54) is 17.0 Å². The highest BCUT2D eigenvalue weighted by molar-refractivity contribution is 5.81. The molecule has 3 atom stereocenters. The number of ether oxygens (including phenoxy) is 1. The highest BCUT2D eigenvalue weighted by atomic mass is 19.1. The Bertz CT molecular complexity index is 772. The molecule has 3 heterocycles. The van der Waals surface area contributed by atoms with E-state index in [1.807, 2.05) is 0 Å². The normalized spacial score (nSPS) is 28.0.